The van der Waals surface area contributed by atoms with E-state index in [1.165, 1.54) is 0 Å². The molecule has 3 heteroatoms. The highest BCUT2D eigenvalue weighted by Crippen LogP contribution is 2.11. The lowest BCUT2D eigenvalue weighted by Gasteiger charge is -2.23. The molecule has 0 aliphatic carbocycles. The second-order valence-corrected chi connectivity index (χ2v) is 3.69. The molecule has 0 spiro atoms. The summed E-state index contributed by atoms with van der Waals surface area (Å²) in [5.41, 5.74) is 7.47. The van der Waals surface area contributed by atoms with Crippen LogP contribution in [0.15, 0.2) is 36.4 Å². The van der Waals surface area contributed by atoms with Crippen LogP contribution >= 0.6 is 0 Å². The van der Waals surface area contributed by atoms with E-state index in [1.807, 2.05) is 35.2 Å². The Labute approximate surface area is 89.2 Å². The van der Waals surface area contributed by atoms with Crippen LogP contribution in [0.1, 0.15) is 12.0 Å². The molecule has 0 saturated heterocycles. The smallest absolute Gasteiger partial charge is 0.246 e. The molecule has 1 aliphatic rings. The maximum absolute atomic E-state index is 11.5. The Morgan fingerprint density at radius 2 is 2.00 bits per heavy atom. The standard InChI is InChI=1S/C12H14N2O/c13-11-6-4-10(5-7-11)9-14-8-2-1-3-12(14)15/h1,3-7H,2,8-9,13H2. The number of carbonyl (C=O) groups excluding carboxylic acids is 1. The first-order valence-electron chi connectivity index (χ1n) is 5.05. The molecule has 1 aromatic rings. The first-order chi connectivity index (χ1) is 7.25. The van der Waals surface area contributed by atoms with Gasteiger partial charge in [-0.1, -0.05) is 18.2 Å². The van der Waals surface area contributed by atoms with Gasteiger partial charge >= 0.3 is 0 Å². The van der Waals surface area contributed by atoms with Gasteiger partial charge in [0.2, 0.25) is 5.91 Å². The van der Waals surface area contributed by atoms with E-state index in [9.17, 15) is 4.79 Å². The van der Waals surface area contributed by atoms with Crippen molar-refractivity contribution in [2.24, 2.45) is 0 Å². The Balaban J connectivity index is 2.05. The molecular formula is C12H14N2O. The van der Waals surface area contributed by atoms with Gasteiger partial charge in [-0.25, -0.2) is 0 Å². The van der Waals surface area contributed by atoms with Gasteiger partial charge < -0.3 is 10.6 Å². The zero-order valence-corrected chi connectivity index (χ0v) is 8.52. The molecule has 1 amide bonds. The van der Waals surface area contributed by atoms with Crippen LogP contribution in [0.4, 0.5) is 5.69 Å². The number of nitrogen functional groups attached to an aromatic ring is 1. The second kappa shape index (κ2) is 4.17. The molecule has 0 bridgehead atoms. The van der Waals surface area contributed by atoms with Gasteiger partial charge in [-0.15, -0.1) is 0 Å². The van der Waals surface area contributed by atoms with Gasteiger partial charge in [0.15, 0.2) is 0 Å². The normalized spacial score (nSPS) is 15.7. The van der Waals surface area contributed by atoms with Gasteiger partial charge in [-0.05, 0) is 30.2 Å². The third-order valence-corrected chi connectivity index (χ3v) is 2.49. The van der Waals surface area contributed by atoms with Crippen LogP contribution < -0.4 is 5.73 Å². The summed E-state index contributed by atoms with van der Waals surface area (Å²) in [6.45, 7) is 1.48. The van der Waals surface area contributed by atoms with E-state index in [4.69, 9.17) is 5.73 Å². The van der Waals surface area contributed by atoms with Gasteiger partial charge in [-0.3, -0.25) is 4.79 Å². The summed E-state index contributed by atoms with van der Waals surface area (Å²) in [6, 6.07) is 7.64. The van der Waals surface area contributed by atoms with Crippen LogP contribution in [0.2, 0.25) is 0 Å². The molecule has 15 heavy (non-hydrogen) atoms. The number of hydrogen-bond donors (Lipinski definition) is 1. The molecular weight excluding hydrogens is 188 g/mol. The van der Waals surface area contributed by atoms with Crippen molar-refractivity contribution < 1.29 is 4.79 Å². The van der Waals surface area contributed by atoms with Crippen LogP contribution in [0.25, 0.3) is 0 Å². The van der Waals surface area contributed by atoms with Gasteiger partial charge in [0.1, 0.15) is 0 Å². The summed E-state index contributed by atoms with van der Waals surface area (Å²) in [4.78, 5) is 13.3. The summed E-state index contributed by atoms with van der Waals surface area (Å²) in [6.07, 6.45) is 4.50. The molecule has 1 aliphatic heterocycles. The summed E-state index contributed by atoms with van der Waals surface area (Å²) in [5, 5.41) is 0. The second-order valence-electron chi connectivity index (χ2n) is 3.69. The molecule has 0 radical (unpaired) electrons. The van der Waals surface area contributed by atoms with Crippen molar-refractivity contribution in [1.29, 1.82) is 0 Å². The van der Waals surface area contributed by atoms with Crippen LogP contribution in [0, 0.1) is 0 Å². The van der Waals surface area contributed by atoms with E-state index in [0.29, 0.717) is 6.54 Å². The van der Waals surface area contributed by atoms with Crippen molar-refractivity contribution in [3.8, 4) is 0 Å². The summed E-state index contributed by atoms with van der Waals surface area (Å²) in [7, 11) is 0. The molecule has 0 fully saturated rings. The van der Waals surface area contributed by atoms with Crippen molar-refractivity contribution in [2.45, 2.75) is 13.0 Å². The zero-order valence-electron chi connectivity index (χ0n) is 8.52. The minimum absolute atomic E-state index is 0.0954. The van der Waals surface area contributed by atoms with Gasteiger partial charge in [0.25, 0.3) is 0 Å². The molecule has 0 saturated carbocycles. The molecule has 78 valence electrons. The average Bonchev–Trinajstić information content (AvgIpc) is 2.25. The van der Waals surface area contributed by atoms with Crippen LogP contribution in [0.5, 0.6) is 0 Å². The monoisotopic (exact) mass is 202 g/mol. The molecule has 2 N–H and O–H groups in total. The van der Waals surface area contributed by atoms with E-state index in [0.717, 1.165) is 24.2 Å². The first-order valence-corrected chi connectivity index (χ1v) is 5.05. The van der Waals surface area contributed by atoms with Crippen molar-refractivity contribution in [2.75, 3.05) is 12.3 Å². The van der Waals surface area contributed by atoms with Crippen molar-refractivity contribution >= 4 is 11.6 Å². The van der Waals surface area contributed by atoms with Gasteiger partial charge in [0.05, 0.1) is 0 Å². The molecule has 0 aromatic heterocycles. The number of anilines is 1. The average molecular weight is 202 g/mol. The molecule has 3 nitrogen and oxygen atoms in total. The van der Waals surface area contributed by atoms with E-state index >= 15 is 0 Å². The number of rotatable bonds is 2. The van der Waals surface area contributed by atoms with Crippen LogP contribution in [-0.2, 0) is 11.3 Å². The number of carbonyl (C=O) groups is 1. The lowest BCUT2D eigenvalue weighted by atomic mass is 10.1. The highest BCUT2D eigenvalue weighted by Gasteiger charge is 2.13. The number of nitrogens with zero attached hydrogens (tertiary/aromatic N) is 1. The number of benzene rings is 1. The Hall–Kier alpha value is -1.77. The minimum atomic E-state index is 0.0954. The van der Waals surface area contributed by atoms with Crippen LogP contribution in [0.3, 0.4) is 0 Å². The van der Waals surface area contributed by atoms with E-state index in [1.54, 1.807) is 6.08 Å². The highest BCUT2D eigenvalue weighted by atomic mass is 16.2. The summed E-state index contributed by atoms with van der Waals surface area (Å²) >= 11 is 0. The molecule has 1 heterocycles. The maximum Gasteiger partial charge on any atom is 0.246 e. The fourth-order valence-corrected chi connectivity index (χ4v) is 1.63. The van der Waals surface area contributed by atoms with Crippen molar-refractivity contribution in [1.82, 2.24) is 4.90 Å². The Morgan fingerprint density at radius 3 is 2.67 bits per heavy atom. The van der Waals surface area contributed by atoms with Gasteiger partial charge in [0, 0.05) is 18.8 Å². The number of nitrogens with two attached hydrogens (primary N) is 1. The lowest BCUT2D eigenvalue weighted by molar-refractivity contribution is -0.127. The third kappa shape index (κ3) is 2.37. The Morgan fingerprint density at radius 1 is 1.27 bits per heavy atom. The van der Waals surface area contributed by atoms with Crippen molar-refractivity contribution in [3.05, 3.63) is 42.0 Å². The molecule has 1 aromatic carbocycles. The predicted molar refractivity (Wildman–Crippen MR) is 60.0 cm³/mol. The largest absolute Gasteiger partial charge is 0.399 e. The number of amides is 1. The predicted octanol–water partition coefficient (Wildman–Crippen LogP) is 1.56. The zero-order chi connectivity index (χ0) is 10.7. The minimum Gasteiger partial charge on any atom is -0.399 e. The fourth-order valence-electron chi connectivity index (χ4n) is 1.63. The Bertz CT molecular complexity index is 381. The maximum atomic E-state index is 11.5. The quantitative estimate of drug-likeness (QED) is 0.740. The summed E-state index contributed by atoms with van der Waals surface area (Å²) < 4.78 is 0. The van der Waals surface area contributed by atoms with Crippen molar-refractivity contribution in [3.63, 3.8) is 0 Å². The van der Waals surface area contributed by atoms with Gasteiger partial charge in [-0.2, -0.15) is 0 Å². The topological polar surface area (TPSA) is 46.3 Å². The van der Waals surface area contributed by atoms with E-state index in [2.05, 4.69) is 0 Å². The lowest BCUT2D eigenvalue weighted by Crippen LogP contribution is -2.31. The third-order valence-electron chi connectivity index (χ3n) is 2.49. The first kappa shape index (κ1) is 9.77. The molecule has 2 rings (SSSR count). The summed E-state index contributed by atoms with van der Waals surface area (Å²) in [5.74, 6) is 0.0954. The Kier molecular flexibility index (Phi) is 2.72. The molecule has 0 atom stereocenters. The molecule has 0 unspecified atom stereocenters. The van der Waals surface area contributed by atoms with E-state index in [-0.39, 0.29) is 5.91 Å². The van der Waals surface area contributed by atoms with E-state index < -0.39 is 0 Å². The SMILES string of the molecule is Nc1ccc(CN2CCC=CC2=O)cc1. The fraction of sp³-hybridized carbons (Fsp3) is 0.250. The highest BCUT2D eigenvalue weighted by molar-refractivity contribution is 5.88. The number of hydrogen-bond acceptors (Lipinski definition) is 2. The van der Waals surface area contributed by atoms with Crippen LogP contribution in [-0.4, -0.2) is 17.4 Å².